The first-order valence-corrected chi connectivity index (χ1v) is 13.1. The quantitative estimate of drug-likeness (QED) is 0.171. The Kier molecular flexibility index (Phi) is 9.58. The first-order valence-electron chi connectivity index (χ1n) is 13.1. The molecule has 204 valence electrons. The zero-order valence-corrected chi connectivity index (χ0v) is 21.5. The van der Waals surface area contributed by atoms with Crippen molar-refractivity contribution in [2.24, 2.45) is 5.10 Å². The highest BCUT2D eigenvalue weighted by Crippen LogP contribution is 2.30. The molecular weight excluding hydrogens is 500 g/mol. The van der Waals surface area contributed by atoms with Gasteiger partial charge in [0, 0.05) is 30.5 Å². The summed E-state index contributed by atoms with van der Waals surface area (Å²) >= 11 is 0. The van der Waals surface area contributed by atoms with Crippen molar-refractivity contribution in [3.63, 3.8) is 0 Å². The highest BCUT2D eigenvalue weighted by molar-refractivity contribution is 5.97. The van der Waals surface area contributed by atoms with Gasteiger partial charge in [-0.1, -0.05) is 36.4 Å². The molecule has 1 aliphatic carbocycles. The topological polar surface area (TPSA) is 137 Å². The van der Waals surface area contributed by atoms with Crippen LogP contribution in [0.3, 0.4) is 0 Å². The van der Waals surface area contributed by atoms with Gasteiger partial charge in [-0.05, 0) is 67.5 Å². The zero-order valence-electron chi connectivity index (χ0n) is 21.5. The van der Waals surface area contributed by atoms with Gasteiger partial charge in [0.05, 0.1) is 12.3 Å². The standard InChI is InChI=1S/C29H32N4O6/c34-26-8-3-1-2-4-9-27(35)39-25-7-5-6-24(25)33(26)19-21-12-10-20(11-13-21)18-30-31-28(36)22-14-16-23(17-15-22)29(37)32-38/h1-2,10-18,24-25,38H,3-9,19H2,(H,31,36)(H,32,37)/b2-1+,30-18+/t24-,25-/m0/s1. The molecular formula is C29H32N4O6. The van der Waals surface area contributed by atoms with E-state index in [2.05, 4.69) is 10.5 Å². The second-order valence-electron chi connectivity index (χ2n) is 9.56. The molecule has 3 N–H and O–H groups in total. The molecule has 10 heteroatoms. The van der Waals surface area contributed by atoms with E-state index in [9.17, 15) is 19.2 Å². The minimum atomic E-state index is -0.667. The monoisotopic (exact) mass is 532 g/mol. The minimum absolute atomic E-state index is 0.0477. The van der Waals surface area contributed by atoms with Crippen molar-refractivity contribution in [1.82, 2.24) is 15.8 Å². The first-order chi connectivity index (χ1) is 18.9. The van der Waals surface area contributed by atoms with Crippen molar-refractivity contribution >= 4 is 29.9 Å². The number of fused-ring (bicyclic) bond motifs is 1. The van der Waals surface area contributed by atoms with Crippen LogP contribution < -0.4 is 10.9 Å². The predicted molar refractivity (Wildman–Crippen MR) is 143 cm³/mol. The van der Waals surface area contributed by atoms with Crippen LogP contribution in [-0.4, -0.2) is 52.2 Å². The Balaban J connectivity index is 1.38. The van der Waals surface area contributed by atoms with Gasteiger partial charge in [0.15, 0.2) is 0 Å². The number of ether oxygens (including phenoxy) is 1. The van der Waals surface area contributed by atoms with E-state index >= 15 is 0 Å². The van der Waals surface area contributed by atoms with Crippen molar-refractivity contribution in [2.75, 3.05) is 0 Å². The Bertz CT molecular complexity index is 1240. The van der Waals surface area contributed by atoms with Crippen LogP contribution in [0.15, 0.2) is 65.8 Å². The summed E-state index contributed by atoms with van der Waals surface area (Å²) in [7, 11) is 0. The van der Waals surface area contributed by atoms with Gasteiger partial charge in [-0.25, -0.2) is 10.9 Å². The Morgan fingerprint density at radius 3 is 2.31 bits per heavy atom. The summed E-state index contributed by atoms with van der Waals surface area (Å²) in [6.45, 7) is 0.416. The van der Waals surface area contributed by atoms with E-state index in [1.807, 2.05) is 41.3 Å². The number of hydrogen-bond acceptors (Lipinski definition) is 7. The van der Waals surface area contributed by atoms with E-state index in [-0.39, 0.29) is 29.6 Å². The molecule has 0 aromatic heterocycles. The van der Waals surface area contributed by atoms with E-state index in [0.29, 0.717) is 37.8 Å². The van der Waals surface area contributed by atoms with Crippen LogP contribution in [-0.2, 0) is 20.9 Å². The third-order valence-corrected chi connectivity index (χ3v) is 6.85. The Morgan fingerprint density at radius 2 is 1.62 bits per heavy atom. The van der Waals surface area contributed by atoms with Gasteiger partial charge in [-0.15, -0.1) is 0 Å². The Morgan fingerprint density at radius 1 is 0.949 bits per heavy atom. The summed E-state index contributed by atoms with van der Waals surface area (Å²) in [6, 6.07) is 13.1. The maximum atomic E-state index is 13.2. The molecule has 2 aliphatic rings. The lowest BCUT2D eigenvalue weighted by Crippen LogP contribution is -2.45. The van der Waals surface area contributed by atoms with E-state index < -0.39 is 11.8 Å². The number of hydroxylamine groups is 1. The minimum Gasteiger partial charge on any atom is -0.460 e. The number of carbonyl (C=O) groups excluding carboxylic acids is 4. The second-order valence-corrected chi connectivity index (χ2v) is 9.56. The van der Waals surface area contributed by atoms with Crippen molar-refractivity contribution < 1.29 is 29.1 Å². The highest BCUT2D eigenvalue weighted by Gasteiger charge is 2.37. The summed E-state index contributed by atoms with van der Waals surface area (Å²) in [5.74, 6) is -1.29. The average Bonchev–Trinajstić information content (AvgIpc) is 3.40. The fraction of sp³-hybridized carbons (Fsp3) is 0.345. The number of hydrogen-bond donors (Lipinski definition) is 3. The van der Waals surface area contributed by atoms with Crippen LogP contribution >= 0.6 is 0 Å². The molecule has 1 heterocycles. The molecule has 1 aliphatic heterocycles. The van der Waals surface area contributed by atoms with E-state index in [1.54, 1.807) is 0 Å². The Hall–Kier alpha value is -4.31. The maximum absolute atomic E-state index is 13.2. The lowest BCUT2D eigenvalue weighted by atomic mass is 10.1. The zero-order chi connectivity index (χ0) is 27.6. The molecule has 1 fully saturated rings. The fourth-order valence-corrected chi connectivity index (χ4v) is 4.78. The third kappa shape index (κ3) is 7.61. The number of carbonyl (C=O) groups is 4. The fourth-order valence-electron chi connectivity index (χ4n) is 4.78. The van der Waals surface area contributed by atoms with Gasteiger partial charge in [0.1, 0.15) is 6.10 Å². The molecule has 0 spiro atoms. The van der Waals surface area contributed by atoms with E-state index in [0.717, 1.165) is 30.4 Å². The number of hydrazone groups is 1. The van der Waals surface area contributed by atoms with Crippen LogP contribution in [0.5, 0.6) is 0 Å². The number of benzene rings is 2. The van der Waals surface area contributed by atoms with E-state index in [4.69, 9.17) is 9.94 Å². The van der Waals surface area contributed by atoms with Crippen LogP contribution in [0, 0.1) is 0 Å². The summed E-state index contributed by atoms with van der Waals surface area (Å²) in [5.41, 5.74) is 6.19. The molecule has 10 nitrogen and oxygen atoms in total. The highest BCUT2D eigenvalue weighted by atomic mass is 16.5. The summed E-state index contributed by atoms with van der Waals surface area (Å²) < 4.78 is 5.75. The molecule has 1 saturated carbocycles. The smallest absolute Gasteiger partial charge is 0.306 e. The molecule has 4 rings (SSSR count). The molecule has 39 heavy (non-hydrogen) atoms. The average molecular weight is 533 g/mol. The second kappa shape index (κ2) is 13.5. The SMILES string of the molecule is O=C1CC/C=C/CCC(=O)N(Cc2ccc(/C=N/NC(=O)c3ccc(C(=O)NO)cc3)cc2)[C@H]2CCC[C@@H]2O1. The molecule has 0 bridgehead atoms. The van der Waals surface area contributed by atoms with Crippen molar-refractivity contribution in [1.29, 1.82) is 0 Å². The largest absolute Gasteiger partial charge is 0.460 e. The maximum Gasteiger partial charge on any atom is 0.306 e. The molecule has 2 atom stereocenters. The third-order valence-electron chi connectivity index (χ3n) is 6.85. The number of amides is 3. The number of allylic oxidation sites excluding steroid dienone is 2. The molecule has 0 saturated heterocycles. The van der Waals surface area contributed by atoms with Crippen LogP contribution in [0.25, 0.3) is 0 Å². The summed E-state index contributed by atoms with van der Waals surface area (Å²) in [5, 5.41) is 12.7. The van der Waals surface area contributed by atoms with Crippen molar-refractivity contribution in [3.8, 4) is 0 Å². The number of nitrogens with one attached hydrogen (secondary N) is 2. The van der Waals surface area contributed by atoms with Gasteiger partial charge < -0.3 is 9.64 Å². The summed E-state index contributed by atoms with van der Waals surface area (Å²) in [4.78, 5) is 51.0. The van der Waals surface area contributed by atoms with Crippen LogP contribution in [0.4, 0.5) is 0 Å². The van der Waals surface area contributed by atoms with Crippen molar-refractivity contribution in [3.05, 3.63) is 82.9 Å². The van der Waals surface area contributed by atoms with Crippen molar-refractivity contribution in [2.45, 2.75) is 63.6 Å². The van der Waals surface area contributed by atoms with Gasteiger partial charge in [-0.2, -0.15) is 5.10 Å². The van der Waals surface area contributed by atoms with Gasteiger partial charge in [0.2, 0.25) is 5.91 Å². The Labute approximate surface area is 226 Å². The lowest BCUT2D eigenvalue weighted by Gasteiger charge is -2.33. The van der Waals surface area contributed by atoms with Gasteiger partial charge in [0.25, 0.3) is 11.8 Å². The predicted octanol–water partition coefficient (Wildman–Crippen LogP) is 3.49. The molecule has 3 amide bonds. The molecule has 2 aromatic rings. The first kappa shape index (κ1) is 27.7. The summed E-state index contributed by atoms with van der Waals surface area (Å²) in [6.07, 6.45) is 9.64. The number of esters is 1. The number of rotatable bonds is 6. The lowest BCUT2D eigenvalue weighted by molar-refractivity contribution is -0.154. The normalized spacial score (nSPS) is 20.9. The van der Waals surface area contributed by atoms with E-state index in [1.165, 1.54) is 36.0 Å². The number of nitrogens with zero attached hydrogens (tertiary/aromatic N) is 2. The molecule has 0 radical (unpaired) electrons. The van der Waals surface area contributed by atoms with Crippen LogP contribution in [0.1, 0.15) is 76.8 Å². The van der Waals surface area contributed by atoms with Gasteiger partial charge in [-0.3, -0.25) is 24.4 Å². The molecule has 2 aromatic carbocycles. The van der Waals surface area contributed by atoms with Gasteiger partial charge >= 0.3 is 5.97 Å². The van der Waals surface area contributed by atoms with Crippen LogP contribution in [0.2, 0.25) is 0 Å². The molecule has 0 unspecified atom stereocenters.